The van der Waals surface area contributed by atoms with Crippen LogP contribution in [0.2, 0.25) is 0 Å². The van der Waals surface area contributed by atoms with E-state index in [1.54, 1.807) is 29.5 Å². The first-order chi connectivity index (χ1) is 10.6. The number of phenols is 1. The van der Waals surface area contributed by atoms with Crippen molar-refractivity contribution in [2.24, 2.45) is 0 Å². The molecule has 110 valence electrons. The Balaban J connectivity index is 1.87. The van der Waals surface area contributed by atoms with Crippen molar-refractivity contribution in [3.63, 3.8) is 0 Å². The molecule has 0 radical (unpaired) electrons. The molecule has 4 nitrogen and oxygen atoms in total. The Morgan fingerprint density at radius 2 is 1.82 bits per heavy atom. The van der Waals surface area contributed by atoms with Gasteiger partial charge in [-0.25, -0.2) is 0 Å². The predicted molar refractivity (Wildman–Crippen MR) is 90.2 cm³/mol. The fourth-order valence-corrected chi connectivity index (χ4v) is 2.75. The van der Waals surface area contributed by atoms with Crippen LogP contribution in [0.5, 0.6) is 5.75 Å². The van der Waals surface area contributed by atoms with E-state index in [-0.39, 0.29) is 11.7 Å². The number of rotatable bonds is 3. The van der Waals surface area contributed by atoms with E-state index < -0.39 is 0 Å². The van der Waals surface area contributed by atoms with Crippen LogP contribution in [0.25, 0.3) is 11.1 Å². The van der Waals surface area contributed by atoms with Gasteiger partial charge in [0.25, 0.3) is 5.91 Å². The zero-order valence-electron chi connectivity index (χ0n) is 11.6. The molecule has 0 bridgehead atoms. The van der Waals surface area contributed by atoms with Gasteiger partial charge in [-0.15, -0.1) is 0 Å². The third-order valence-electron chi connectivity index (χ3n) is 3.29. The van der Waals surface area contributed by atoms with Gasteiger partial charge in [-0.1, -0.05) is 6.07 Å². The summed E-state index contributed by atoms with van der Waals surface area (Å²) in [6.45, 7) is 0. The number of hydrogen-bond acceptors (Lipinski definition) is 4. The van der Waals surface area contributed by atoms with E-state index in [0.29, 0.717) is 16.9 Å². The number of benzene rings is 2. The Morgan fingerprint density at radius 3 is 2.50 bits per heavy atom. The Bertz CT molecular complexity index is 796. The highest BCUT2D eigenvalue weighted by Gasteiger charge is 2.09. The van der Waals surface area contributed by atoms with Crippen molar-refractivity contribution in [1.82, 2.24) is 0 Å². The number of aromatic hydroxyl groups is 1. The van der Waals surface area contributed by atoms with Crippen molar-refractivity contribution in [3.05, 3.63) is 64.9 Å². The molecule has 22 heavy (non-hydrogen) atoms. The van der Waals surface area contributed by atoms with Crippen molar-refractivity contribution in [3.8, 4) is 16.9 Å². The van der Waals surface area contributed by atoms with Crippen LogP contribution in [-0.2, 0) is 0 Å². The van der Waals surface area contributed by atoms with E-state index in [9.17, 15) is 9.90 Å². The fourth-order valence-electron chi connectivity index (χ4n) is 2.08. The van der Waals surface area contributed by atoms with Crippen LogP contribution in [-0.4, -0.2) is 11.0 Å². The summed E-state index contributed by atoms with van der Waals surface area (Å²) in [6.07, 6.45) is 0. The lowest BCUT2D eigenvalue weighted by Crippen LogP contribution is -2.13. The lowest BCUT2D eigenvalue weighted by molar-refractivity contribution is 0.102. The number of nitrogens with two attached hydrogens (primary N) is 1. The van der Waals surface area contributed by atoms with Gasteiger partial charge < -0.3 is 16.2 Å². The van der Waals surface area contributed by atoms with Gasteiger partial charge in [0.05, 0.1) is 11.4 Å². The van der Waals surface area contributed by atoms with Crippen LogP contribution in [0.3, 0.4) is 0 Å². The summed E-state index contributed by atoms with van der Waals surface area (Å²) in [5, 5.41) is 16.1. The molecule has 5 heteroatoms. The van der Waals surface area contributed by atoms with Gasteiger partial charge >= 0.3 is 0 Å². The topological polar surface area (TPSA) is 75.3 Å². The number of nitrogen functional groups attached to an aromatic ring is 1. The average molecular weight is 310 g/mol. The molecule has 0 aliphatic rings. The molecular weight excluding hydrogens is 296 g/mol. The molecule has 0 unspecified atom stereocenters. The maximum absolute atomic E-state index is 12.2. The first-order valence-electron chi connectivity index (χ1n) is 6.66. The highest BCUT2D eigenvalue weighted by atomic mass is 32.1. The molecule has 3 rings (SSSR count). The van der Waals surface area contributed by atoms with Gasteiger partial charge in [0.2, 0.25) is 0 Å². The van der Waals surface area contributed by atoms with Gasteiger partial charge in [0, 0.05) is 5.56 Å². The van der Waals surface area contributed by atoms with Gasteiger partial charge in [-0.05, 0) is 64.4 Å². The molecule has 0 saturated heterocycles. The molecule has 1 heterocycles. The minimum Gasteiger partial charge on any atom is -0.508 e. The first-order valence-corrected chi connectivity index (χ1v) is 7.60. The molecule has 3 aromatic rings. The van der Waals surface area contributed by atoms with Crippen molar-refractivity contribution in [1.29, 1.82) is 0 Å². The average Bonchev–Trinajstić information content (AvgIpc) is 3.04. The highest BCUT2D eigenvalue weighted by Crippen LogP contribution is 2.29. The SMILES string of the molecule is Nc1ccc(-c2ccsc2)cc1NC(=O)c1ccc(O)cc1. The molecule has 1 amide bonds. The standard InChI is InChI=1S/C17H14N2O2S/c18-15-6-3-12(13-7-8-22-10-13)9-16(15)19-17(21)11-1-4-14(20)5-2-11/h1-10,20H,18H2,(H,19,21). The molecule has 0 aliphatic heterocycles. The Hall–Kier alpha value is -2.79. The second kappa shape index (κ2) is 5.91. The number of carbonyl (C=O) groups is 1. The van der Waals surface area contributed by atoms with Crippen molar-refractivity contribution >= 4 is 28.6 Å². The molecule has 4 N–H and O–H groups in total. The second-order valence-corrected chi connectivity index (χ2v) is 5.60. The monoisotopic (exact) mass is 310 g/mol. The molecule has 0 fully saturated rings. The van der Waals surface area contributed by atoms with E-state index in [0.717, 1.165) is 11.1 Å². The number of thiophene rings is 1. The molecule has 0 saturated carbocycles. The van der Waals surface area contributed by atoms with Crippen LogP contribution in [0.4, 0.5) is 11.4 Å². The summed E-state index contributed by atoms with van der Waals surface area (Å²) in [5.74, 6) is -0.148. The van der Waals surface area contributed by atoms with E-state index in [1.807, 2.05) is 29.0 Å². The fraction of sp³-hybridized carbons (Fsp3) is 0. The maximum atomic E-state index is 12.2. The minimum atomic E-state index is -0.269. The lowest BCUT2D eigenvalue weighted by atomic mass is 10.1. The molecule has 0 atom stereocenters. The van der Waals surface area contributed by atoms with Crippen molar-refractivity contribution in [2.75, 3.05) is 11.1 Å². The van der Waals surface area contributed by atoms with Crippen LogP contribution >= 0.6 is 11.3 Å². The minimum absolute atomic E-state index is 0.121. The smallest absolute Gasteiger partial charge is 0.255 e. The first kappa shape index (κ1) is 14.2. The van der Waals surface area contributed by atoms with Gasteiger partial charge in [0.15, 0.2) is 0 Å². The number of carbonyl (C=O) groups excluding carboxylic acids is 1. The predicted octanol–water partition coefficient (Wildman–Crippen LogP) is 3.96. The van der Waals surface area contributed by atoms with Gasteiger partial charge in [0.1, 0.15) is 5.75 Å². The second-order valence-electron chi connectivity index (χ2n) is 4.82. The number of hydrogen-bond donors (Lipinski definition) is 3. The number of phenolic OH excluding ortho intramolecular Hbond substituents is 1. The zero-order valence-corrected chi connectivity index (χ0v) is 12.4. The summed E-state index contributed by atoms with van der Waals surface area (Å²) >= 11 is 1.61. The van der Waals surface area contributed by atoms with E-state index in [4.69, 9.17) is 5.73 Å². The number of amides is 1. The van der Waals surface area contributed by atoms with Crippen LogP contribution in [0.1, 0.15) is 10.4 Å². The van der Waals surface area contributed by atoms with Crippen molar-refractivity contribution in [2.45, 2.75) is 0 Å². The number of anilines is 2. The van der Waals surface area contributed by atoms with Crippen LogP contribution in [0, 0.1) is 0 Å². The maximum Gasteiger partial charge on any atom is 0.255 e. The quantitative estimate of drug-likeness (QED) is 0.641. The summed E-state index contributed by atoms with van der Waals surface area (Å²) < 4.78 is 0. The lowest BCUT2D eigenvalue weighted by Gasteiger charge is -2.10. The summed E-state index contributed by atoms with van der Waals surface area (Å²) in [6, 6.07) is 13.6. The van der Waals surface area contributed by atoms with E-state index >= 15 is 0 Å². The molecular formula is C17H14N2O2S. The molecule has 0 aliphatic carbocycles. The third-order valence-corrected chi connectivity index (χ3v) is 3.97. The summed E-state index contributed by atoms with van der Waals surface area (Å²) in [5.41, 5.74) is 9.56. The van der Waals surface area contributed by atoms with Gasteiger partial charge in [-0.2, -0.15) is 11.3 Å². The van der Waals surface area contributed by atoms with E-state index in [1.165, 1.54) is 12.1 Å². The normalized spacial score (nSPS) is 10.4. The summed E-state index contributed by atoms with van der Waals surface area (Å²) in [7, 11) is 0. The van der Waals surface area contributed by atoms with Crippen LogP contribution in [0.15, 0.2) is 59.3 Å². The summed E-state index contributed by atoms with van der Waals surface area (Å²) in [4.78, 5) is 12.2. The Morgan fingerprint density at radius 1 is 1.05 bits per heavy atom. The molecule has 0 spiro atoms. The highest BCUT2D eigenvalue weighted by molar-refractivity contribution is 7.08. The number of nitrogens with one attached hydrogen (secondary N) is 1. The zero-order chi connectivity index (χ0) is 15.5. The van der Waals surface area contributed by atoms with Crippen LogP contribution < -0.4 is 11.1 Å². The Labute approximate surface area is 131 Å². The Kier molecular flexibility index (Phi) is 3.80. The van der Waals surface area contributed by atoms with Gasteiger partial charge in [-0.3, -0.25) is 4.79 Å². The van der Waals surface area contributed by atoms with E-state index in [2.05, 4.69) is 5.32 Å². The largest absolute Gasteiger partial charge is 0.508 e. The molecule has 1 aromatic heterocycles. The third kappa shape index (κ3) is 2.94. The van der Waals surface area contributed by atoms with Crippen molar-refractivity contribution < 1.29 is 9.90 Å². The molecule has 2 aromatic carbocycles.